The number of alkyl halides is 3. The first-order chi connectivity index (χ1) is 12.9. The maximum absolute atomic E-state index is 12.2. The lowest BCUT2D eigenvalue weighted by molar-refractivity contribution is -0.153. The quantitative estimate of drug-likeness (QED) is 0.559. The predicted octanol–water partition coefficient (Wildman–Crippen LogP) is 3.02. The van der Waals surface area contributed by atoms with Gasteiger partial charge in [-0.05, 0) is 57.0 Å². The molecule has 1 heterocycles. The third-order valence-corrected chi connectivity index (χ3v) is 4.37. The van der Waals surface area contributed by atoms with E-state index >= 15 is 0 Å². The van der Waals surface area contributed by atoms with Gasteiger partial charge in [0.15, 0.2) is 12.6 Å². The van der Waals surface area contributed by atoms with E-state index in [1.807, 2.05) is 6.92 Å². The zero-order valence-corrected chi connectivity index (χ0v) is 16.0. The van der Waals surface area contributed by atoms with Crippen molar-refractivity contribution in [1.29, 1.82) is 0 Å². The Kier molecular flexibility index (Phi) is 8.22. The van der Waals surface area contributed by atoms with Crippen molar-refractivity contribution in [2.75, 3.05) is 39.8 Å². The highest BCUT2D eigenvalue weighted by Crippen LogP contribution is 2.19. The number of benzene rings is 1. The highest BCUT2D eigenvalue weighted by atomic mass is 19.4. The van der Waals surface area contributed by atoms with E-state index in [2.05, 4.69) is 27.6 Å². The molecule has 1 unspecified atom stereocenters. The van der Waals surface area contributed by atoms with Gasteiger partial charge in [0, 0.05) is 19.6 Å². The van der Waals surface area contributed by atoms with Gasteiger partial charge in [-0.3, -0.25) is 0 Å². The van der Waals surface area contributed by atoms with Crippen molar-refractivity contribution >= 4 is 5.96 Å². The molecule has 0 saturated carbocycles. The molecule has 1 atom stereocenters. The first kappa shape index (κ1) is 21.3. The van der Waals surface area contributed by atoms with Crippen molar-refractivity contribution in [3.8, 4) is 5.75 Å². The second kappa shape index (κ2) is 10.4. The molecular weight excluding hydrogens is 357 g/mol. The summed E-state index contributed by atoms with van der Waals surface area (Å²) in [4.78, 5) is 6.91. The van der Waals surface area contributed by atoms with E-state index in [-0.39, 0.29) is 5.75 Å². The number of halogens is 3. The van der Waals surface area contributed by atoms with Crippen molar-refractivity contribution in [2.24, 2.45) is 10.9 Å². The molecule has 5 nitrogen and oxygen atoms in total. The molecule has 0 aromatic heterocycles. The van der Waals surface area contributed by atoms with Crippen LogP contribution in [0.5, 0.6) is 5.75 Å². The molecule has 1 aliphatic heterocycles. The molecule has 0 radical (unpaired) electrons. The highest BCUT2D eigenvalue weighted by Gasteiger charge is 2.28. The number of aliphatic imine (C=N–C) groups is 1. The monoisotopic (exact) mass is 386 g/mol. The van der Waals surface area contributed by atoms with Crippen LogP contribution in [0, 0.1) is 5.92 Å². The lowest BCUT2D eigenvalue weighted by atomic mass is 9.99. The Morgan fingerprint density at radius 1 is 1.26 bits per heavy atom. The average Bonchev–Trinajstić information content (AvgIpc) is 2.62. The predicted molar refractivity (Wildman–Crippen MR) is 101 cm³/mol. The Labute approximate surface area is 159 Å². The number of ether oxygens (including phenoxy) is 1. The Morgan fingerprint density at radius 2 is 2.00 bits per heavy atom. The maximum Gasteiger partial charge on any atom is 0.422 e. The Morgan fingerprint density at radius 3 is 2.63 bits per heavy atom. The third kappa shape index (κ3) is 8.51. The number of likely N-dealkylation sites (tertiary alicyclic amines) is 1. The minimum absolute atomic E-state index is 0.200. The van der Waals surface area contributed by atoms with Gasteiger partial charge in [0.2, 0.25) is 0 Å². The molecule has 152 valence electrons. The van der Waals surface area contributed by atoms with E-state index < -0.39 is 12.8 Å². The van der Waals surface area contributed by atoms with Crippen molar-refractivity contribution < 1.29 is 17.9 Å². The Hall–Kier alpha value is -1.96. The molecule has 2 N–H and O–H groups in total. The molecule has 27 heavy (non-hydrogen) atoms. The maximum atomic E-state index is 12.2. The van der Waals surface area contributed by atoms with Crippen LogP contribution in [0.2, 0.25) is 0 Å². The molecule has 8 heteroatoms. The van der Waals surface area contributed by atoms with E-state index in [4.69, 9.17) is 4.74 Å². The van der Waals surface area contributed by atoms with Crippen molar-refractivity contribution in [1.82, 2.24) is 15.5 Å². The summed E-state index contributed by atoms with van der Waals surface area (Å²) in [7, 11) is 2.15. The second-order valence-corrected chi connectivity index (χ2v) is 6.89. The summed E-state index contributed by atoms with van der Waals surface area (Å²) < 4.78 is 41.2. The van der Waals surface area contributed by atoms with Gasteiger partial charge in [0.05, 0.1) is 6.54 Å². The molecule has 0 spiro atoms. The van der Waals surface area contributed by atoms with Crippen LogP contribution in [0.3, 0.4) is 0 Å². The van der Waals surface area contributed by atoms with Crippen LogP contribution in [-0.4, -0.2) is 56.9 Å². The molecule has 1 saturated heterocycles. The van der Waals surface area contributed by atoms with Crippen LogP contribution in [-0.2, 0) is 6.54 Å². The van der Waals surface area contributed by atoms with E-state index in [1.54, 1.807) is 12.1 Å². The van der Waals surface area contributed by atoms with Crippen LogP contribution >= 0.6 is 0 Å². The third-order valence-electron chi connectivity index (χ3n) is 4.37. The lowest BCUT2D eigenvalue weighted by Gasteiger charge is -2.30. The van der Waals surface area contributed by atoms with E-state index in [0.29, 0.717) is 12.5 Å². The largest absolute Gasteiger partial charge is 0.484 e. The second-order valence-electron chi connectivity index (χ2n) is 6.89. The number of hydrogen-bond acceptors (Lipinski definition) is 3. The molecule has 0 aliphatic carbocycles. The SMILES string of the molecule is CCNC(=NCc1ccc(OCC(F)(F)F)cc1)NCC1CCCN(C)C1. The molecule has 2 rings (SSSR count). The number of nitrogens with zero attached hydrogens (tertiary/aromatic N) is 2. The smallest absolute Gasteiger partial charge is 0.422 e. The fraction of sp³-hybridized carbons (Fsp3) is 0.632. The number of hydrogen-bond donors (Lipinski definition) is 2. The summed E-state index contributed by atoms with van der Waals surface area (Å²) in [6.45, 7) is 5.06. The van der Waals surface area contributed by atoms with Crippen LogP contribution in [0.25, 0.3) is 0 Å². The van der Waals surface area contributed by atoms with Crippen molar-refractivity contribution in [3.63, 3.8) is 0 Å². The molecule has 1 aromatic rings. The Balaban J connectivity index is 1.84. The molecular formula is C19H29F3N4O. The fourth-order valence-corrected chi connectivity index (χ4v) is 3.05. The first-order valence-corrected chi connectivity index (χ1v) is 9.35. The van der Waals surface area contributed by atoms with Gasteiger partial charge in [-0.25, -0.2) is 4.99 Å². The number of rotatable bonds is 7. The van der Waals surface area contributed by atoms with Gasteiger partial charge >= 0.3 is 6.18 Å². The molecule has 0 bridgehead atoms. The lowest BCUT2D eigenvalue weighted by Crippen LogP contribution is -2.43. The summed E-state index contributed by atoms with van der Waals surface area (Å²) in [5, 5.41) is 6.62. The average molecular weight is 386 g/mol. The summed E-state index contributed by atoms with van der Waals surface area (Å²) in [6.07, 6.45) is -1.89. The zero-order valence-electron chi connectivity index (χ0n) is 16.0. The van der Waals surface area contributed by atoms with Gasteiger partial charge in [-0.1, -0.05) is 12.1 Å². The molecule has 1 fully saturated rings. The van der Waals surface area contributed by atoms with E-state index in [1.165, 1.54) is 25.0 Å². The van der Waals surface area contributed by atoms with Crippen LogP contribution in [0.1, 0.15) is 25.3 Å². The Bertz CT molecular complexity index is 590. The fourth-order valence-electron chi connectivity index (χ4n) is 3.05. The van der Waals surface area contributed by atoms with Crippen molar-refractivity contribution in [2.45, 2.75) is 32.5 Å². The highest BCUT2D eigenvalue weighted by molar-refractivity contribution is 5.79. The van der Waals surface area contributed by atoms with Crippen molar-refractivity contribution in [3.05, 3.63) is 29.8 Å². The van der Waals surface area contributed by atoms with Crippen LogP contribution in [0.15, 0.2) is 29.3 Å². The minimum Gasteiger partial charge on any atom is -0.484 e. The van der Waals surface area contributed by atoms with E-state index in [0.717, 1.165) is 37.7 Å². The van der Waals surface area contributed by atoms with Gasteiger partial charge in [0.25, 0.3) is 0 Å². The molecule has 1 aliphatic rings. The summed E-state index contributed by atoms with van der Waals surface area (Å²) in [5.41, 5.74) is 0.906. The van der Waals surface area contributed by atoms with Gasteiger partial charge in [0.1, 0.15) is 5.75 Å². The topological polar surface area (TPSA) is 48.9 Å². The van der Waals surface area contributed by atoms with Crippen LogP contribution in [0.4, 0.5) is 13.2 Å². The molecule has 1 aromatic carbocycles. The minimum atomic E-state index is -4.33. The standard InChI is InChI=1S/C19H29F3N4O/c1-3-23-18(25-12-16-5-4-10-26(2)13-16)24-11-15-6-8-17(9-7-15)27-14-19(20,21)22/h6-9,16H,3-5,10-14H2,1-2H3,(H2,23,24,25). The number of piperidine rings is 1. The first-order valence-electron chi connectivity index (χ1n) is 9.35. The normalized spacial score (nSPS) is 19.0. The van der Waals surface area contributed by atoms with Gasteiger partial charge < -0.3 is 20.3 Å². The summed E-state index contributed by atoms with van der Waals surface area (Å²) >= 11 is 0. The number of guanidine groups is 1. The summed E-state index contributed by atoms with van der Waals surface area (Å²) in [5.74, 6) is 1.56. The van der Waals surface area contributed by atoms with Gasteiger partial charge in [-0.2, -0.15) is 13.2 Å². The van der Waals surface area contributed by atoms with Gasteiger partial charge in [-0.15, -0.1) is 0 Å². The van der Waals surface area contributed by atoms with E-state index in [9.17, 15) is 13.2 Å². The summed E-state index contributed by atoms with van der Waals surface area (Å²) in [6, 6.07) is 6.54. The molecule has 0 amide bonds. The van der Waals surface area contributed by atoms with Crippen LogP contribution < -0.4 is 15.4 Å². The zero-order chi connectivity index (χ0) is 19.7. The number of nitrogens with one attached hydrogen (secondary N) is 2.